The van der Waals surface area contributed by atoms with E-state index in [9.17, 15) is 0 Å². The molecule has 0 saturated carbocycles. The van der Waals surface area contributed by atoms with Crippen LogP contribution in [-0.4, -0.2) is 0 Å². The highest BCUT2D eigenvalue weighted by molar-refractivity contribution is 7.25. The van der Waals surface area contributed by atoms with Gasteiger partial charge in [-0.2, -0.15) is 0 Å². The minimum Gasteiger partial charge on any atom is -0.310 e. The summed E-state index contributed by atoms with van der Waals surface area (Å²) in [5.41, 5.74) is 13.1. The fourth-order valence-electron chi connectivity index (χ4n) is 7.82. The van der Waals surface area contributed by atoms with E-state index in [0.29, 0.717) is 0 Å². The standard InChI is InChI=1S/C52H35NS/c1-3-12-37(13-4-1)47-32-26-41(34-49(47)39-14-5-2-6-15-39)36-22-27-42(28-23-36)53(44-31-33-52-50(35-44)48-19-9-10-21-51(48)54-52)43-29-24-40(25-30-43)46-20-11-17-38-16-7-8-18-45(38)46/h1-35H. The quantitative estimate of drug-likeness (QED) is 0.160. The molecule has 0 spiro atoms. The Kier molecular flexibility index (Phi) is 8.09. The van der Waals surface area contributed by atoms with Crippen LogP contribution in [-0.2, 0) is 0 Å². The number of benzene rings is 9. The number of thiophene rings is 1. The zero-order valence-corrected chi connectivity index (χ0v) is 30.4. The maximum Gasteiger partial charge on any atom is 0.0468 e. The number of anilines is 3. The van der Waals surface area contributed by atoms with Crippen LogP contribution in [0, 0.1) is 0 Å². The lowest BCUT2D eigenvalue weighted by molar-refractivity contribution is 1.29. The molecule has 0 radical (unpaired) electrons. The molecule has 1 nitrogen and oxygen atoms in total. The van der Waals surface area contributed by atoms with Gasteiger partial charge in [0.15, 0.2) is 0 Å². The van der Waals surface area contributed by atoms with E-state index in [-0.39, 0.29) is 0 Å². The lowest BCUT2D eigenvalue weighted by Gasteiger charge is -2.26. The van der Waals surface area contributed by atoms with E-state index in [1.807, 2.05) is 11.3 Å². The van der Waals surface area contributed by atoms with Crippen LogP contribution < -0.4 is 4.90 Å². The van der Waals surface area contributed by atoms with Gasteiger partial charge in [0, 0.05) is 37.2 Å². The summed E-state index contributed by atoms with van der Waals surface area (Å²) in [6, 6.07) is 77.1. The SMILES string of the molecule is c1ccc(-c2ccc(-c3ccc(N(c4ccc(-c5cccc6ccccc56)cc4)c4ccc5sc6ccccc6c5c4)cc3)cc2-c2ccccc2)cc1. The first-order chi connectivity index (χ1) is 26.8. The summed E-state index contributed by atoms with van der Waals surface area (Å²) in [5, 5.41) is 5.10. The van der Waals surface area contributed by atoms with Crippen LogP contribution in [0.3, 0.4) is 0 Å². The Labute approximate surface area is 319 Å². The van der Waals surface area contributed by atoms with Crippen molar-refractivity contribution >= 4 is 59.3 Å². The first-order valence-electron chi connectivity index (χ1n) is 18.4. The highest BCUT2D eigenvalue weighted by Crippen LogP contribution is 2.42. The second-order valence-electron chi connectivity index (χ2n) is 13.7. The molecule has 54 heavy (non-hydrogen) atoms. The van der Waals surface area contributed by atoms with Crippen molar-refractivity contribution in [2.24, 2.45) is 0 Å². The molecule has 0 N–H and O–H groups in total. The monoisotopic (exact) mass is 705 g/mol. The van der Waals surface area contributed by atoms with E-state index in [0.717, 1.165) is 17.1 Å². The van der Waals surface area contributed by atoms with Crippen molar-refractivity contribution in [3.05, 3.63) is 212 Å². The predicted molar refractivity (Wildman–Crippen MR) is 233 cm³/mol. The summed E-state index contributed by atoms with van der Waals surface area (Å²) < 4.78 is 2.61. The summed E-state index contributed by atoms with van der Waals surface area (Å²) in [7, 11) is 0. The first-order valence-corrected chi connectivity index (χ1v) is 19.2. The lowest BCUT2D eigenvalue weighted by Crippen LogP contribution is -2.09. The molecule has 1 aromatic heterocycles. The molecule has 9 aromatic carbocycles. The van der Waals surface area contributed by atoms with Gasteiger partial charge in [0.1, 0.15) is 0 Å². The van der Waals surface area contributed by atoms with Gasteiger partial charge in [-0.15, -0.1) is 11.3 Å². The Morgan fingerprint density at radius 3 is 1.56 bits per heavy atom. The van der Waals surface area contributed by atoms with Crippen LogP contribution in [0.1, 0.15) is 0 Å². The number of rotatable bonds is 7. The average Bonchev–Trinajstić information content (AvgIpc) is 3.63. The minimum absolute atomic E-state index is 1.11. The molecule has 10 aromatic rings. The average molecular weight is 706 g/mol. The lowest BCUT2D eigenvalue weighted by atomic mass is 9.91. The fraction of sp³-hybridized carbons (Fsp3) is 0. The van der Waals surface area contributed by atoms with Gasteiger partial charge in [0.25, 0.3) is 0 Å². The Bertz CT molecular complexity index is 2900. The molecule has 0 aliphatic heterocycles. The molecular weight excluding hydrogens is 671 g/mol. The highest BCUT2D eigenvalue weighted by Gasteiger charge is 2.17. The van der Waals surface area contributed by atoms with Crippen molar-refractivity contribution < 1.29 is 0 Å². The second-order valence-corrected chi connectivity index (χ2v) is 14.8. The van der Waals surface area contributed by atoms with Crippen LogP contribution in [0.25, 0.3) is 75.5 Å². The molecule has 0 amide bonds. The van der Waals surface area contributed by atoms with E-state index in [2.05, 4.69) is 217 Å². The largest absolute Gasteiger partial charge is 0.310 e. The van der Waals surface area contributed by atoms with E-state index >= 15 is 0 Å². The number of fused-ring (bicyclic) bond motifs is 4. The Balaban J connectivity index is 1.07. The molecule has 0 atom stereocenters. The fourth-order valence-corrected chi connectivity index (χ4v) is 8.91. The normalized spacial score (nSPS) is 11.3. The first kappa shape index (κ1) is 32.0. The number of nitrogens with zero attached hydrogens (tertiary/aromatic N) is 1. The summed E-state index contributed by atoms with van der Waals surface area (Å²) >= 11 is 1.85. The van der Waals surface area contributed by atoms with E-state index in [4.69, 9.17) is 0 Å². The zero-order valence-electron chi connectivity index (χ0n) is 29.6. The van der Waals surface area contributed by atoms with Crippen molar-refractivity contribution in [1.82, 2.24) is 0 Å². The molecule has 0 unspecified atom stereocenters. The Morgan fingerprint density at radius 1 is 0.278 bits per heavy atom. The summed E-state index contributed by atoms with van der Waals surface area (Å²) in [5.74, 6) is 0. The van der Waals surface area contributed by atoms with Gasteiger partial charge < -0.3 is 4.90 Å². The predicted octanol–water partition coefficient (Wildman–Crippen LogP) is 15.3. The molecule has 0 fully saturated rings. The van der Waals surface area contributed by atoms with Gasteiger partial charge in [-0.25, -0.2) is 0 Å². The molecule has 0 aliphatic rings. The molecule has 10 rings (SSSR count). The van der Waals surface area contributed by atoms with Gasteiger partial charge in [-0.3, -0.25) is 0 Å². The zero-order chi connectivity index (χ0) is 35.8. The second kappa shape index (κ2) is 13.7. The smallest absolute Gasteiger partial charge is 0.0468 e. The summed E-state index contributed by atoms with van der Waals surface area (Å²) in [6.45, 7) is 0. The molecule has 0 saturated heterocycles. The molecule has 1 heterocycles. The van der Waals surface area contributed by atoms with Gasteiger partial charge in [0.05, 0.1) is 0 Å². The minimum atomic E-state index is 1.11. The molecule has 0 aliphatic carbocycles. The molecule has 0 bridgehead atoms. The van der Waals surface area contributed by atoms with Gasteiger partial charge in [-0.05, 0) is 110 Å². The van der Waals surface area contributed by atoms with Crippen LogP contribution in [0.5, 0.6) is 0 Å². The highest BCUT2D eigenvalue weighted by atomic mass is 32.1. The number of hydrogen-bond acceptors (Lipinski definition) is 2. The van der Waals surface area contributed by atoms with Crippen molar-refractivity contribution in [3.8, 4) is 44.5 Å². The van der Waals surface area contributed by atoms with Crippen molar-refractivity contribution in [1.29, 1.82) is 0 Å². The van der Waals surface area contributed by atoms with Gasteiger partial charge in [-0.1, -0.05) is 158 Å². The Hall–Kier alpha value is -6.74. The third-order valence-electron chi connectivity index (χ3n) is 10.5. The topological polar surface area (TPSA) is 3.24 Å². The summed E-state index contributed by atoms with van der Waals surface area (Å²) in [6.07, 6.45) is 0. The van der Waals surface area contributed by atoms with E-state index < -0.39 is 0 Å². The van der Waals surface area contributed by atoms with Gasteiger partial charge >= 0.3 is 0 Å². The maximum absolute atomic E-state index is 2.39. The third kappa shape index (κ3) is 5.84. The summed E-state index contributed by atoms with van der Waals surface area (Å²) in [4.78, 5) is 2.39. The van der Waals surface area contributed by atoms with Crippen molar-refractivity contribution in [2.45, 2.75) is 0 Å². The van der Waals surface area contributed by atoms with Crippen molar-refractivity contribution in [2.75, 3.05) is 4.90 Å². The van der Waals surface area contributed by atoms with E-state index in [1.54, 1.807) is 0 Å². The molecular formula is C52H35NS. The number of hydrogen-bond donors (Lipinski definition) is 0. The van der Waals surface area contributed by atoms with Crippen molar-refractivity contribution in [3.63, 3.8) is 0 Å². The van der Waals surface area contributed by atoms with Crippen LogP contribution in [0.2, 0.25) is 0 Å². The third-order valence-corrected chi connectivity index (χ3v) is 11.6. The van der Waals surface area contributed by atoms with Crippen LogP contribution in [0.4, 0.5) is 17.1 Å². The molecule has 2 heteroatoms. The van der Waals surface area contributed by atoms with Crippen LogP contribution >= 0.6 is 11.3 Å². The van der Waals surface area contributed by atoms with E-state index in [1.165, 1.54) is 75.5 Å². The van der Waals surface area contributed by atoms with Crippen LogP contribution in [0.15, 0.2) is 212 Å². The molecule has 254 valence electrons. The maximum atomic E-state index is 2.39. The van der Waals surface area contributed by atoms with Gasteiger partial charge in [0.2, 0.25) is 0 Å². The Morgan fingerprint density at radius 2 is 0.815 bits per heavy atom.